The van der Waals surface area contributed by atoms with E-state index in [1.54, 1.807) is 13.2 Å². The lowest BCUT2D eigenvalue weighted by molar-refractivity contribution is -0.116. The zero-order valence-corrected chi connectivity index (χ0v) is 13.6. The Kier molecular flexibility index (Phi) is 4.45. The van der Waals surface area contributed by atoms with Gasteiger partial charge in [-0.25, -0.2) is 0 Å². The van der Waals surface area contributed by atoms with Gasteiger partial charge in [0, 0.05) is 22.8 Å². The molecule has 0 radical (unpaired) electrons. The lowest BCUT2D eigenvalue weighted by Crippen LogP contribution is -2.18. The highest BCUT2D eigenvalue weighted by atomic mass is 35.5. The van der Waals surface area contributed by atoms with Gasteiger partial charge in [0.2, 0.25) is 5.91 Å². The zero-order chi connectivity index (χ0) is 15.5. The standard InChI is InChI=1S/C16H15ClN2O2S/c1-21-14-6-3-11(17)9-15(14)22-19-12-4-5-13-10(8-12)2-7-16(20)18-13/h3-6,8-9,19H,2,7H2,1H3,(H,18,20). The highest BCUT2D eigenvalue weighted by Gasteiger charge is 2.15. The summed E-state index contributed by atoms with van der Waals surface area (Å²) in [5, 5.41) is 3.54. The molecule has 3 rings (SSSR count). The Morgan fingerprint density at radius 3 is 2.91 bits per heavy atom. The molecular weight excluding hydrogens is 320 g/mol. The number of carbonyl (C=O) groups is 1. The second-order valence-corrected chi connectivity index (χ2v) is 6.20. The smallest absolute Gasteiger partial charge is 0.224 e. The van der Waals surface area contributed by atoms with Gasteiger partial charge >= 0.3 is 0 Å². The summed E-state index contributed by atoms with van der Waals surface area (Å²) in [7, 11) is 1.63. The average molecular weight is 335 g/mol. The molecule has 0 fully saturated rings. The van der Waals surface area contributed by atoms with Crippen molar-refractivity contribution >= 4 is 40.8 Å². The summed E-state index contributed by atoms with van der Waals surface area (Å²) in [6.45, 7) is 0. The molecule has 1 amide bonds. The SMILES string of the molecule is COc1ccc(Cl)cc1SNc1ccc2c(c1)CCC(=O)N2. The molecule has 1 heterocycles. The molecule has 114 valence electrons. The Bertz CT molecular complexity index is 721. The van der Waals surface area contributed by atoms with E-state index in [-0.39, 0.29) is 5.91 Å². The van der Waals surface area contributed by atoms with Gasteiger partial charge in [-0.3, -0.25) is 4.79 Å². The maximum Gasteiger partial charge on any atom is 0.224 e. The van der Waals surface area contributed by atoms with Gasteiger partial charge in [0.1, 0.15) is 5.75 Å². The maximum absolute atomic E-state index is 11.4. The van der Waals surface area contributed by atoms with Gasteiger partial charge in [0.15, 0.2) is 0 Å². The van der Waals surface area contributed by atoms with Crippen LogP contribution in [0.2, 0.25) is 5.02 Å². The van der Waals surface area contributed by atoms with Crippen molar-refractivity contribution in [2.75, 3.05) is 17.1 Å². The number of halogens is 1. The highest BCUT2D eigenvalue weighted by Crippen LogP contribution is 2.33. The van der Waals surface area contributed by atoms with Gasteiger partial charge in [-0.15, -0.1) is 0 Å². The molecule has 0 atom stereocenters. The number of ether oxygens (including phenoxy) is 1. The van der Waals surface area contributed by atoms with E-state index in [4.69, 9.17) is 16.3 Å². The molecule has 2 N–H and O–H groups in total. The first-order valence-corrected chi connectivity index (χ1v) is 8.04. The molecular formula is C16H15ClN2O2S. The molecule has 0 saturated heterocycles. The predicted molar refractivity (Wildman–Crippen MR) is 90.9 cm³/mol. The third-order valence-corrected chi connectivity index (χ3v) is 4.52. The number of nitrogens with one attached hydrogen (secondary N) is 2. The number of rotatable bonds is 4. The summed E-state index contributed by atoms with van der Waals surface area (Å²) in [5.41, 5.74) is 3.01. The fourth-order valence-corrected chi connectivity index (χ4v) is 3.32. The van der Waals surface area contributed by atoms with Crippen LogP contribution in [0.15, 0.2) is 41.3 Å². The number of hydrogen-bond donors (Lipinski definition) is 2. The molecule has 0 aromatic heterocycles. The maximum atomic E-state index is 11.4. The van der Waals surface area contributed by atoms with Crippen molar-refractivity contribution in [3.05, 3.63) is 47.0 Å². The normalized spacial score (nSPS) is 13.3. The van der Waals surface area contributed by atoms with E-state index in [0.29, 0.717) is 11.4 Å². The first-order chi connectivity index (χ1) is 10.7. The van der Waals surface area contributed by atoms with Crippen LogP contribution < -0.4 is 14.8 Å². The van der Waals surface area contributed by atoms with Crippen LogP contribution in [-0.4, -0.2) is 13.0 Å². The monoisotopic (exact) mass is 334 g/mol. The first kappa shape index (κ1) is 15.1. The Hall–Kier alpha value is -1.85. The van der Waals surface area contributed by atoms with Crippen molar-refractivity contribution in [3.8, 4) is 5.75 Å². The number of fused-ring (bicyclic) bond motifs is 1. The summed E-state index contributed by atoms with van der Waals surface area (Å²) in [4.78, 5) is 12.3. The second-order valence-electron chi connectivity index (χ2n) is 4.92. The van der Waals surface area contributed by atoms with E-state index in [0.717, 1.165) is 34.0 Å². The molecule has 0 unspecified atom stereocenters. The molecule has 0 saturated carbocycles. The Balaban J connectivity index is 1.74. The van der Waals surface area contributed by atoms with Crippen molar-refractivity contribution in [2.45, 2.75) is 17.7 Å². The lowest BCUT2D eigenvalue weighted by atomic mass is 10.0. The molecule has 0 aliphatic carbocycles. The van der Waals surface area contributed by atoms with Crippen LogP contribution in [0.3, 0.4) is 0 Å². The molecule has 4 nitrogen and oxygen atoms in total. The van der Waals surface area contributed by atoms with E-state index in [1.165, 1.54) is 11.9 Å². The fraction of sp³-hybridized carbons (Fsp3) is 0.188. The molecule has 1 aliphatic rings. The lowest BCUT2D eigenvalue weighted by Gasteiger charge is -2.18. The van der Waals surface area contributed by atoms with Crippen molar-refractivity contribution < 1.29 is 9.53 Å². The number of carbonyl (C=O) groups excluding carboxylic acids is 1. The summed E-state index contributed by atoms with van der Waals surface area (Å²) in [5.74, 6) is 0.846. The minimum absolute atomic E-state index is 0.0752. The van der Waals surface area contributed by atoms with Crippen LogP contribution >= 0.6 is 23.5 Å². The molecule has 2 aromatic rings. The highest BCUT2D eigenvalue weighted by molar-refractivity contribution is 8.00. The minimum Gasteiger partial charge on any atom is -0.496 e. The quantitative estimate of drug-likeness (QED) is 0.816. The fourth-order valence-electron chi connectivity index (χ4n) is 2.29. The predicted octanol–water partition coefficient (Wildman–Crippen LogP) is 4.35. The van der Waals surface area contributed by atoms with Crippen LogP contribution in [0.5, 0.6) is 5.75 Å². The van der Waals surface area contributed by atoms with Crippen molar-refractivity contribution in [3.63, 3.8) is 0 Å². The molecule has 0 bridgehead atoms. The molecule has 22 heavy (non-hydrogen) atoms. The van der Waals surface area contributed by atoms with Crippen LogP contribution in [-0.2, 0) is 11.2 Å². The average Bonchev–Trinajstić information content (AvgIpc) is 2.53. The van der Waals surface area contributed by atoms with E-state index >= 15 is 0 Å². The van der Waals surface area contributed by atoms with Crippen LogP contribution in [0.4, 0.5) is 11.4 Å². The van der Waals surface area contributed by atoms with Crippen LogP contribution in [0.25, 0.3) is 0 Å². The molecule has 2 aromatic carbocycles. The summed E-state index contributed by atoms with van der Waals surface area (Å²) >= 11 is 7.47. The third kappa shape index (κ3) is 3.31. The largest absolute Gasteiger partial charge is 0.496 e. The Morgan fingerprint density at radius 1 is 1.23 bits per heavy atom. The number of amides is 1. The van der Waals surface area contributed by atoms with Gasteiger partial charge in [-0.1, -0.05) is 11.6 Å². The molecule has 1 aliphatic heterocycles. The van der Waals surface area contributed by atoms with Crippen molar-refractivity contribution in [1.82, 2.24) is 0 Å². The summed E-state index contributed by atoms with van der Waals surface area (Å²) in [6, 6.07) is 11.4. The van der Waals surface area contributed by atoms with E-state index in [1.807, 2.05) is 24.3 Å². The van der Waals surface area contributed by atoms with Crippen molar-refractivity contribution in [2.24, 2.45) is 0 Å². The number of benzene rings is 2. The van der Waals surface area contributed by atoms with Gasteiger partial charge in [-0.05, 0) is 60.3 Å². The minimum atomic E-state index is 0.0752. The van der Waals surface area contributed by atoms with Gasteiger partial charge in [0.05, 0.1) is 12.0 Å². The first-order valence-electron chi connectivity index (χ1n) is 6.85. The number of methoxy groups -OCH3 is 1. The molecule has 6 heteroatoms. The van der Waals surface area contributed by atoms with Crippen molar-refractivity contribution in [1.29, 1.82) is 0 Å². The Morgan fingerprint density at radius 2 is 2.09 bits per heavy atom. The van der Waals surface area contributed by atoms with Crippen LogP contribution in [0, 0.1) is 0 Å². The van der Waals surface area contributed by atoms with E-state index in [2.05, 4.69) is 16.1 Å². The van der Waals surface area contributed by atoms with Gasteiger partial charge < -0.3 is 14.8 Å². The molecule has 0 spiro atoms. The Labute approximate surface area is 138 Å². The topological polar surface area (TPSA) is 50.4 Å². The number of anilines is 2. The summed E-state index contributed by atoms with van der Waals surface area (Å²) < 4.78 is 8.61. The van der Waals surface area contributed by atoms with Gasteiger partial charge in [0.25, 0.3) is 0 Å². The van der Waals surface area contributed by atoms with E-state index < -0.39 is 0 Å². The number of aryl methyl sites for hydroxylation is 1. The van der Waals surface area contributed by atoms with Gasteiger partial charge in [-0.2, -0.15) is 0 Å². The van der Waals surface area contributed by atoms with E-state index in [9.17, 15) is 4.79 Å². The third-order valence-electron chi connectivity index (χ3n) is 3.41. The number of hydrogen-bond acceptors (Lipinski definition) is 4. The zero-order valence-electron chi connectivity index (χ0n) is 12.0. The van der Waals surface area contributed by atoms with Crippen LogP contribution in [0.1, 0.15) is 12.0 Å². The second kappa shape index (κ2) is 6.50. The summed E-state index contributed by atoms with van der Waals surface area (Å²) in [6.07, 6.45) is 1.30.